The summed E-state index contributed by atoms with van der Waals surface area (Å²) in [6.45, 7) is 8.36. The maximum atomic E-state index is 11.7. The van der Waals surface area contributed by atoms with Crippen molar-refractivity contribution in [3.8, 4) is 0 Å². The van der Waals surface area contributed by atoms with E-state index >= 15 is 0 Å². The number of nitrogens with zero attached hydrogens (tertiary/aromatic N) is 2. The van der Waals surface area contributed by atoms with Gasteiger partial charge in [-0.3, -0.25) is 4.79 Å². The second-order valence-corrected chi connectivity index (χ2v) is 3.81. The summed E-state index contributed by atoms with van der Waals surface area (Å²) in [5.74, 6) is 0. The second-order valence-electron chi connectivity index (χ2n) is 3.43. The van der Waals surface area contributed by atoms with Crippen LogP contribution in [0.3, 0.4) is 0 Å². The van der Waals surface area contributed by atoms with Gasteiger partial charge in [-0.2, -0.15) is 5.10 Å². The van der Waals surface area contributed by atoms with Gasteiger partial charge in [0.15, 0.2) is 0 Å². The Morgan fingerprint density at radius 1 is 1.59 bits per heavy atom. The predicted octanol–water partition coefficient (Wildman–Crippen LogP) is 1.10. The largest absolute Gasteiger partial charge is 0.381 e. The number of anilines is 1. The van der Waals surface area contributed by atoms with Crippen LogP contribution in [-0.2, 0) is 6.54 Å². The van der Waals surface area contributed by atoms with E-state index in [-0.39, 0.29) is 10.6 Å². The van der Waals surface area contributed by atoms with Crippen LogP contribution in [0.5, 0.6) is 0 Å². The Hall–Kier alpha value is -1.33. The topological polar surface area (TPSA) is 59.0 Å². The molecule has 1 aromatic heterocycles. The zero-order chi connectivity index (χ0) is 12.7. The average molecular weight is 257 g/mol. The van der Waals surface area contributed by atoms with E-state index in [4.69, 9.17) is 11.6 Å². The van der Waals surface area contributed by atoms with Crippen molar-refractivity contribution in [1.29, 1.82) is 0 Å². The fourth-order valence-corrected chi connectivity index (χ4v) is 1.52. The normalized spacial score (nSPS) is 10.2. The van der Waals surface area contributed by atoms with Crippen molar-refractivity contribution in [1.82, 2.24) is 15.1 Å². The molecule has 0 amide bonds. The molecule has 2 N–H and O–H groups in total. The molecular weight excluding hydrogens is 240 g/mol. The van der Waals surface area contributed by atoms with Crippen molar-refractivity contribution < 1.29 is 0 Å². The van der Waals surface area contributed by atoms with Gasteiger partial charge in [-0.05, 0) is 6.54 Å². The zero-order valence-corrected chi connectivity index (χ0v) is 10.6. The van der Waals surface area contributed by atoms with E-state index < -0.39 is 0 Å². The van der Waals surface area contributed by atoms with Crippen molar-refractivity contribution in [3.63, 3.8) is 0 Å². The Morgan fingerprint density at radius 3 is 3.00 bits per heavy atom. The van der Waals surface area contributed by atoms with E-state index in [0.717, 1.165) is 13.1 Å². The van der Waals surface area contributed by atoms with Crippen molar-refractivity contribution in [2.45, 2.75) is 13.5 Å². The molecule has 5 nitrogen and oxygen atoms in total. The van der Waals surface area contributed by atoms with E-state index in [9.17, 15) is 4.79 Å². The van der Waals surface area contributed by atoms with Crippen LogP contribution in [-0.4, -0.2) is 29.4 Å². The molecule has 0 radical (unpaired) electrons. The first kappa shape index (κ1) is 13.7. The molecule has 17 heavy (non-hydrogen) atoms. The second kappa shape index (κ2) is 7.09. The number of allylic oxidation sites excluding steroid dienone is 1. The minimum Gasteiger partial charge on any atom is -0.381 e. The number of nitrogens with one attached hydrogen (secondary N) is 2. The molecule has 0 aliphatic heterocycles. The van der Waals surface area contributed by atoms with E-state index in [2.05, 4.69) is 22.3 Å². The summed E-state index contributed by atoms with van der Waals surface area (Å²) in [4.78, 5) is 11.7. The van der Waals surface area contributed by atoms with Crippen molar-refractivity contribution >= 4 is 17.3 Å². The highest BCUT2D eigenvalue weighted by molar-refractivity contribution is 6.32. The van der Waals surface area contributed by atoms with Crippen LogP contribution < -0.4 is 16.2 Å². The van der Waals surface area contributed by atoms with E-state index in [0.29, 0.717) is 18.8 Å². The smallest absolute Gasteiger partial charge is 0.287 e. The summed E-state index contributed by atoms with van der Waals surface area (Å²) in [6.07, 6.45) is 3.15. The number of rotatable bonds is 7. The van der Waals surface area contributed by atoms with Crippen LogP contribution in [0.25, 0.3) is 0 Å². The Kier molecular flexibility index (Phi) is 5.72. The van der Waals surface area contributed by atoms with E-state index in [1.54, 1.807) is 12.3 Å². The SMILES string of the molecule is C=CCn1ncc(NCCNCC)c(Cl)c1=O. The first-order valence-electron chi connectivity index (χ1n) is 5.51. The summed E-state index contributed by atoms with van der Waals surface area (Å²) in [6, 6.07) is 0. The predicted molar refractivity (Wildman–Crippen MR) is 70.7 cm³/mol. The third kappa shape index (κ3) is 3.87. The molecule has 0 saturated heterocycles. The Labute approximate surface area is 105 Å². The Balaban J connectivity index is 2.71. The van der Waals surface area contributed by atoms with Gasteiger partial charge in [0.25, 0.3) is 5.56 Å². The van der Waals surface area contributed by atoms with Gasteiger partial charge in [0, 0.05) is 13.1 Å². The van der Waals surface area contributed by atoms with Gasteiger partial charge >= 0.3 is 0 Å². The molecule has 0 aliphatic carbocycles. The lowest BCUT2D eigenvalue weighted by Crippen LogP contribution is -2.26. The molecular formula is C11H17ClN4O. The summed E-state index contributed by atoms with van der Waals surface area (Å²) < 4.78 is 1.27. The lowest BCUT2D eigenvalue weighted by Gasteiger charge is -2.09. The van der Waals surface area contributed by atoms with Gasteiger partial charge in [0.05, 0.1) is 18.4 Å². The van der Waals surface area contributed by atoms with Crippen LogP contribution >= 0.6 is 11.6 Å². The maximum Gasteiger partial charge on any atom is 0.287 e. The molecule has 6 heteroatoms. The van der Waals surface area contributed by atoms with Gasteiger partial charge in [-0.15, -0.1) is 6.58 Å². The highest BCUT2D eigenvalue weighted by atomic mass is 35.5. The van der Waals surface area contributed by atoms with Crippen molar-refractivity contribution in [3.05, 3.63) is 34.2 Å². The lowest BCUT2D eigenvalue weighted by atomic mass is 10.4. The molecule has 0 saturated carbocycles. The molecule has 94 valence electrons. The van der Waals surface area contributed by atoms with Crippen LogP contribution in [0.15, 0.2) is 23.6 Å². The first-order valence-corrected chi connectivity index (χ1v) is 5.89. The minimum absolute atomic E-state index is 0.165. The summed E-state index contributed by atoms with van der Waals surface area (Å²) in [7, 11) is 0. The van der Waals surface area contributed by atoms with Crippen LogP contribution in [0.1, 0.15) is 6.92 Å². The Morgan fingerprint density at radius 2 is 2.35 bits per heavy atom. The zero-order valence-electron chi connectivity index (χ0n) is 9.87. The molecule has 0 unspecified atom stereocenters. The molecule has 0 atom stereocenters. The molecule has 0 fully saturated rings. The van der Waals surface area contributed by atoms with Gasteiger partial charge in [-0.1, -0.05) is 24.6 Å². The standard InChI is InChI=1S/C11H17ClN4O/c1-3-7-16-11(17)10(12)9(8-15-16)14-6-5-13-4-2/h3,8,13-14H,1,4-7H2,2H3. The molecule has 0 bridgehead atoms. The van der Waals surface area contributed by atoms with Crippen LogP contribution in [0, 0.1) is 0 Å². The minimum atomic E-state index is -0.306. The summed E-state index contributed by atoms with van der Waals surface area (Å²) >= 11 is 5.96. The first-order chi connectivity index (χ1) is 8.20. The highest BCUT2D eigenvalue weighted by Gasteiger charge is 2.07. The van der Waals surface area contributed by atoms with Crippen LogP contribution in [0.2, 0.25) is 5.02 Å². The molecule has 1 heterocycles. The van der Waals surface area contributed by atoms with Crippen molar-refractivity contribution in [2.75, 3.05) is 25.0 Å². The van der Waals surface area contributed by atoms with Gasteiger partial charge in [0.2, 0.25) is 0 Å². The maximum absolute atomic E-state index is 11.7. The third-order valence-corrected chi connectivity index (χ3v) is 2.52. The average Bonchev–Trinajstić information content (AvgIpc) is 2.33. The quantitative estimate of drug-likeness (QED) is 0.567. The molecule has 0 aromatic carbocycles. The van der Waals surface area contributed by atoms with Gasteiger partial charge in [-0.25, -0.2) is 4.68 Å². The number of halogens is 1. The monoisotopic (exact) mass is 256 g/mol. The van der Waals surface area contributed by atoms with Crippen molar-refractivity contribution in [2.24, 2.45) is 0 Å². The summed E-state index contributed by atoms with van der Waals surface area (Å²) in [5, 5.41) is 10.4. The molecule has 1 aromatic rings. The summed E-state index contributed by atoms with van der Waals surface area (Å²) in [5.41, 5.74) is 0.259. The number of hydrogen-bond donors (Lipinski definition) is 2. The molecule has 1 rings (SSSR count). The van der Waals surface area contributed by atoms with Gasteiger partial charge < -0.3 is 10.6 Å². The Bertz CT molecular complexity index is 430. The van der Waals surface area contributed by atoms with E-state index in [1.807, 2.05) is 6.92 Å². The molecule has 0 aliphatic rings. The fraction of sp³-hybridized carbons (Fsp3) is 0.455. The van der Waals surface area contributed by atoms with E-state index in [1.165, 1.54) is 4.68 Å². The van der Waals surface area contributed by atoms with Crippen LogP contribution in [0.4, 0.5) is 5.69 Å². The lowest BCUT2D eigenvalue weighted by molar-refractivity contribution is 0.652. The highest BCUT2D eigenvalue weighted by Crippen LogP contribution is 2.14. The number of hydrogen-bond acceptors (Lipinski definition) is 4. The number of likely N-dealkylation sites (N-methyl/N-ethyl adjacent to an activating group) is 1. The number of aromatic nitrogens is 2. The third-order valence-electron chi connectivity index (χ3n) is 2.15. The molecule has 0 spiro atoms. The van der Waals surface area contributed by atoms with Gasteiger partial charge in [0.1, 0.15) is 5.02 Å². The fourth-order valence-electron chi connectivity index (χ4n) is 1.30.